The number of nitrogens with zero attached hydrogens (tertiary/aromatic N) is 3. The molecule has 1 heterocycles. The van der Waals surface area contributed by atoms with Gasteiger partial charge in [-0.25, -0.2) is 15.2 Å². The fourth-order valence-electron chi connectivity index (χ4n) is 1.64. The monoisotopic (exact) mass is 330 g/mol. The van der Waals surface area contributed by atoms with Crippen LogP contribution in [0.3, 0.4) is 0 Å². The van der Waals surface area contributed by atoms with E-state index in [-0.39, 0.29) is 11.2 Å². The first-order chi connectivity index (χ1) is 10.1. The van der Waals surface area contributed by atoms with Crippen LogP contribution in [-0.4, -0.2) is 35.3 Å². The summed E-state index contributed by atoms with van der Waals surface area (Å²) in [4.78, 5) is 20.0. The first-order valence-corrected chi connectivity index (χ1v) is 7.34. The molecule has 1 aromatic rings. The van der Waals surface area contributed by atoms with E-state index in [2.05, 4.69) is 15.4 Å². The topological polar surface area (TPSA) is 76.6 Å². The fourth-order valence-corrected chi connectivity index (χ4v) is 1.77. The van der Waals surface area contributed by atoms with Crippen LogP contribution in [0.1, 0.15) is 34.6 Å². The Kier molecular flexibility index (Phi) is 6.22. The summed E-state index contributed by atoms with van der Waals surface area (Å²) < 4.78 is 10.5. The Balaban J connectivity index is 3.03. The summed E-state index contributed by atoms with van der Waals surface area (Å²) in [7, 11) is 1.50. The molecule has 0 aromatic carbocycles. The third kappa shape index (κ3) is 5.93. The highest BCUT2D eigenvalue weighted by Crippen LogP contribution is 2.25. The van der Waals surface area contributed by atoms with Crippen LogP contribution < -0.4 is 15.2 Å². The van der Waals surface area contributed by atoms with Crippen LogP contribution in [0.15, 0.2) is 6.20 Å². The molecule has 124 valence electrons. The average molecular weight is 331 g/mol. The number of rotatable bonds is 5. The van der Waals surface area contributed by atoms with Crippen molar-refractivity contribution in [3.63, 3.8) is 0 Å². The van der Waals surface area contributed by atoms with Crippen molar-refractivity contribution in [3.05, 3.63) is 11.5 Å². The summed E-state index contributed by atoms with van der Waals surface area (Å²) in [6.45, 7) is 9.91. The minimum absolute atomic E-state index is 0.0653. The molecule has 0 unspecified atom stereocenters. The van der Waals surface area contributed by atoms with Crippen LogP contribution in [0.25, 0.3) is 0 Å². The SMILES string of the molecule is COc1cnc(Cl)nc1N(CC(C)C)NC(=O)OC(C)(C)C. The molecule has 0 radical (unpaired) electrons. The van der Waals surface area contributed by atoms with Gasteiger partial charge in [0.15, 0.2) is 11.6 Å². The van der Waals surface area contributed by atoms with E-state index < -0.39 is 11.7 Å². The lowest BCUT2D eigenvalue weighted by atomic mass is 10.2. The number of hydrazine groups is 1. The zero-order chi connectivity index (χ0) is 16.9. The van der Waals surface area contributed by atoms with E-state index in [0.29, 0.717) is 18.1 Å². The summed E-state index contributed by atoms with van der Waals surface area (Å²) >= 11 is 5.85. The molecule has 0 aliphatic rings. The third-order valence-corrected chi connectivity index (χ3v) is 2.54. The van der Waals surface area contributed by atoms with Crippen LogP contribution in [-0.2, 0) is 4.74 Å². The van der Waals surface area contributed by atoms with Gasteiger partial charge in [0, 0.05) is 6.54 Å². The highest BCUT2D eigenvalue weighted by molar-refractivity contribution is 6.28. The number of halogens is 1. The molecule has 1 amide bonds. The van der Waals surface area contributed by atoms with Gasteiger partial charge in [0.2, 0.25) is 5.28 Å². The van der Waals surface area contributed by atoms with Gasteiger partial charge in [0.1, 0.15) is 5.60 Å². The average Bonchev–Trinajstić information content (AvgIpc) is 2.35. The van der Waals surface area contributed by atoms with E-state index in [1.807, 2.05) is 13.8 Å². The predicted octanol–water partition coefficient (Wildman–Crippen LogP) is 3.04. The Morgan fingerprint density at radius 3 is 2.59 bits per heavy atom. The van der Waals surface area contributed by atoms with Crippen molar-refractivity contribution >= 4 is 23.5 Å². The Labute approximate surface area is 135 Å². The van der Waals surface area contributed by atoms with Crippen molar-refractivity contribution < 1.29 is 14.3 Å². The number of ether oxygens (including phenoxy) is 2. The molecule has 1 aromatic heterocycles. The summed E-state index contributed by atoms with van der Waals surface area (Å²) in [5.74, 6) is 1.04. The molecule has 0 saturated carbocycles. The second kappa shape index (κ2) is 7.49. The van der Waals surface area contributed by atoms with E-state index in [1.54, 1.807) is 25.8 Å². The van der Waals surface area contributed by atoms with Crippen molar-refractivity contribution in [1.82, 2.24) is 15.4 Å². The van der Waals surface area contributed by atoms with Crippen molar-refractivity contribution in [2.45, 2.75) is 40.2 Å². The Bertz CT molecular complexity index is 517. The second-order valence-corrected chi connectivity index (χ2v) is 6.49. The van der Waals surface area contributed by atoms with Crippen molar-refractivity contribution in [2.24, 2.45) is 5.92 Å². The summed E-state index contributed by atoms with van der Waals surface area (Å²) in [5.41, 5.74) is 2.07. The van der Waals surface area contributed by atoms with Crippen molar-refractivity contribution in [2.75, 3.05) is 18.7 Å². The minimum atomic E-state index is -0.596. The fraction of sp³-hybridized carbons (Fsp3) is 0.643. The molecule has 0 saturated heterocycles. The lowest BCUT2D eigenvalue weighted by Crippen LogP contribution is -2.47. The number of carbonyl (C=O) groups is 1. The predicted molar refractivity (Wildman–Crippen MR) is 85.1 cm³/mol. The maximum atomic E-state index is 12.0. The number of hydrogen-bond donors (Lipinski definition) is 1. The molecular weight excluding hydrogens is 308 g/mol. The lowest BCUT2D eigenvalue weighted by molar-refractivity contribution is 0.0519. The van der Waals surface area contributed by atoms with Gasteiger partial charge in [-0.1, -0.05) is 13.8 Å². The van der Waals surface area contributed by atoms with Gasteiger partial charge >= 0.3 is 6.09 Å². The van der Waals surface area contributed by atoms with Crippen LogP contribution >= 0.6 is 11.6 Å². The number of amides is 1. The Morgan fingerprint density at radius 1 is 1.45 bits per heavy atom. The van der Waals surface area contributed by atoms with Gasteiger partial charge < -0.3 is 9.47 Å². The molecule has 0 atom stereocenters. The number of nitrogens with one attached hydrogen (secondary N) is 1. The molecule has 1 rings (SSSR count). The van der Waals surface area contributed by atoms with E-state index in [1.165, 1.54) is 13.3 Å². The first-order valence-electron chi connectivity index (χ1n) is 6.96. The zero-order valence-corrected chi connectivity index (χ0v) is 14.6. The Morgan fingerprint density at radius 2 is 2.09 bits per heavy atom. The van der Waals surface area contributed by atoms with E-state index >= 15 is 0 Å². The molecule has 22 heavy (non-hydrogen) atoms. The molecule has 0 spiro atoms. The minimum Gasteiger partial charge on any atom is -0.491 e. The van der Waals surface area contributed by atoms with Crippen LogP contribution in [0.2, 0.25) is 5.28 Å². The smallest absolute Gasteiger partial charge is 0.426 e. The molecule has 8 heteroatoms. The van der Waals surface area contributed by atoms with Gasteiger partial charge in [0.25, 0.3) is 0 Å². The van der Waals surface area contributed by atoms with Crippen molar-refractivity contribution in [3.8, 4) is 5.75 Å². The largest absolute Gasteiger partial charge is 0.491 e. The number of anilines is 1. The van der Waals surface area contributed by atoms with Gasteiger partial charge in [-0.3, -0.25) is 5.01 Å². The third-order valence-electron chi connectivity index (χ3n) is 2.36. The number of aromatic nitrogens is 2. The molecule has 0 fully saturated rings. The molecule has 0 bridgehead atoms. The molecule has 7 nitrogen and oxygen atoms in total. The number of carbonyl (C=O) groups excluding carboxylic acids is 1. The lowest BCUT2D eigenvalue weighted by Gasteiger charge is -2.28. The highest BCUT2D eigenvalue weighted by atomic mass is 35.5. The summed E-state index contributed by atoms with van der Waals surface area (Å²) in [6.07, 6.45) is 0.874. The maximum Gasteiger partial charge on any atom is 0.426 e. The second-order valence-electron chi connectivity index (χ2n) is 6.15. The molecule has 0 aliphatic heterocycles. The van der Waals surface area contributed by atoms with E-state index in [4.69, 9.17) is 21.1 Å². The van der Waals surface area contributed by atoms with Gasteiger partial charge in [-0.2, -0.15) is 4.98 Å². The number of hydrogen-bond acceptors (Lipinski definition) is 6. The standard InChI is InChI=1S/C14H23ClN4O3/c1-9(2)8-19(18-13(20)22-14(3,4)5)11-10(21-6)7-16-12(15)17-11/h7,9H,8H2,1-6H3,(H,18,20). The van der Waals surface area contributed by atoms with Gasteiger partial charge in [-0.05, 0) is 38.3 Å². The van der Waals surface area contributed by atoms with Gasteiger partial charge in [-0.15, -0.1) is 0 Å². The highest BCUT2D eigenvalue weighted by Gasteiger charge is 2.22. The van der Waals surface area contributed by atoms with Crippen LogP contribution in [0, 0.1) is 5.92 Å². The van der Waals surface area contributed by atoms with Crippen molar-refractivity contribution in [1.29, 1.82) is 0 Å². The van der Waals surface area contributed by atoms with E-state index in [0.717, 1.165) is 0 Å². The number of methoxy groups -OCH3 is 1. The summed E-state index contributed by atoms with van der Waals surface area (Å²) in [6, 6.07) is 0. The zero-order valence-electron chi connectivity index (χ0n) is 13.8. The Hall–Kier alpha value is -1.76. The molecule has 1 N–H and O–H groups in total. The summed E-state index contributed by atoms with van der Waals surface area (Å²) in [5, 5.41) is 1.61. The molecular formula is C14H23ClN4O3. The quantitative estimate of drug-likeness (QED) is 0.660. The van der Waals surface area contributed by atoms with Crippen LogP contribution in [0.5, 0.6) is 5.75 Å². The van der Waals surface area contributed by atoms with Crippen LogP contribution in [0.4, 0.5) is 10.6 Å². The first kappa shape index (κ1) is 18.3. The van der Waals surface area contributed by atoms with Gasteiger partial charge in [0.05, 0.1) is 13.3 Å². The normalized spacial score (nSPS) is 11.3. The van der Waals surface area contributed by atoms with E-state index in [9.17, 15) is 4.79 Å². The maximum absolute atomic E-state index is 12.0. The molecule has 0 aliphatic carbocycles.